The van der Waals surface area contributed by atoms with E-state index >= 15 is 0 Å². The van der Waals surface area contributed by atoms with Crippen molar-refractivity contribution in [1.82, 2.24) is 19.8 Å². The van der Waals surface area contributed by atoms with Crippen LogP contribution in [0.2, 0.25) is 0 Å². The van der Waals surface area contributed by atoms with E-state index in [1.807, 2.05) is 0 Å². The molecule has 0 aliphatic carbocycles. The van der Waals surface area contributed by atoms with E-state index < -0.39 is 11.9 Å². The standard InChI is InChI=1S/C29H40N4O9/c1-22(34)17-23-18-25(31-27(19-23)29(37)38)21-33-7-11-41-15-13-39-9-5-32(6-10-40-14-16-42-12-8-33)20-24-3-2-4-26(30-24)28(35)36/h2-4,18-19H,5-17,20-21H2,1H3,(H,35,36)(H,37,38). The number of aromatic carboxylic acids is 2. The van der Waals surface area contributed by atoms with Gasteiger partial charge in [0.2, 0.25) is 0 Å². The first-order valence-electron chi connectivity index (χ1n) is 14.0. The number of carbonyl (C=O) groups is 3. The SMILES string of the molecule is CC(=O)Cc1cc(CN2CCOCCOCCN(Cc3cccc(C(=O)O)n3)CCOCCOCC2)nc(C(=O)O)c1. The second-order valence-electron chi connectivity index (χ2n) is 9.86. The number of ketones is 1. The normalized spacial score (nSPS) is 17.6. The van der Waals surface area contributed by atoms with Crippen LogP contribution in [-0.2, 0) is 43.3 Å². The fraction of sp³-hybridized carbons (Fsp3) is 0.552. The molecule has 0 bridgehead atoms. The summed E-state index contributed by atoms with van der Waals surface area (Å²) in [7, 11) is 0. The summed E-state index contributed by atoms with van der Waals surface area (Å²) in [6.45, 7) is 8.11. The Bertz CT molecular complexity index is 1140. The third kappa shape index (κ3) is 12.7. The van der Waals surface area contributed by atoms with Gasteiger partial charge in [0.1, 0.15) is 17.2 Å². The van der Waals surface area contributed by atoms with Crippen LogP contribution in [0, 0.1) is 0 Å². The molecule has 1 aliphatic heterocycles. The molecule has 0 aromatic carbocycles. The van der Waals surface area contributed by atoms with Crippen molar-refractivity contribution in [3.63, 3.8) is 0 Å². The summed E-state index contributed by atoms with van der Waals surface area (Å²) in [5, 5.41) is 18.7. The number of carboxylic acid groups (broad SMARTS) is 2. The predicted octanol–water partition coefficient (Wildman–Crippen LogP) is 1.39. The van der Waals surface area contributed by atoms with E-state index in [-0.39, 0.29) is 23.6 Å². The summed E-state index contributed by atoms with van der Waals surface area (Å²) in [5.41, 5.74) is 1.77. The Morgan fingerprint density at radius 3 is 1.64 bits per heavy atom. The van der Waals surface area contributed by atoms with E-state index in [0.717, 1.165) is 0 Å². The summed E-state index contributed by atoms with van der Waals surface area (Å²) in [6.07, 6.45) is 0.147. The number of carbonyl (C=O) groups excluding carboxylic acids is 1. The number of nitrogens with zero attached hydrogens (tertiary/aromatic N) is 4. The number of Topliss-reactive ketones (excluding diaryl/α,β-unsaturated/α-hetero) is 1. The maximum absolute atomic E-state index is 11.6. The highest BCUT2D eigenvalue weighted by Crippen LogP contribution is 2.11. The Morgan fingerprint density at radius 2 is 1.17 bits per heavy atom. The molecule has 3 heterocycles. The zero-order chi connectivity index (χ0) is 30.2. The Hall–Kier alpha value is -3.33. The smallest absolute Gasteiger partial charge is 0.354 e. The van der Waals surface area contributed by atoms with Crippen molar-refractivity contribution < 1.29 is 43.5 Å². The summed E-state index contributed by atoms with van der Waals surface area (Å²) >= 11 is 0. The van der Waals surface area contributed by atoms with Gasteiger partial charge in [-0.15, -0.1) is 0 Å². The molecule has 3 rings (SSSR count). The molecule has 13 nitrogen and oxygen atoms in total. The molecule has 0 atom stereocenters. The molecule has 2 aromatic rings. The highest BCUT2D eigenvalue weighted by molar-refractivity contribution is 5.86. The number of hydrogen-bond donors (Lipinski definition) is 2. The average molecular weight is 589 g/mol. The van der Waals surface area contributed by atoms with Crippen LogP contribution in [0.5, 0.6) is 0 Å². The molecule has 230 valence electrons. The van der Waals surface area contributed by atoms with E-state index in [9.17, 15) is 24.6 Å². The van der Waals surface area contributed by atoms with Crippen LogP contribution in [0.15, 0.2) is 30.3 Å². The quantitative estimate of drug-likeness (QED) is 0.456. The zero-order valence-corrected chi connectivity index (χ0v) is 24.0. The van der Waals surface area contributed by atoms with Crippen LogP contribution in [-0.4, -0.2) is 127 Å². The van der Waals surface area contributed by atoms with Crippen LogP contribution in [0.3, 0.4) is 0 Å². The van der Waals surface area contributed by atoms with Gasteiger partial charge in [0.25, 0.3) is 0 Å². The summed E-state index contributed by atoms with van der Waals surface area (Å²) in [6, 6.07) is 8.16. The first-order chi connectivity index (χ1) is 20.3. The van der Waals surface area contributed by atoms with E-state index in [0.29, 0.717) is 109 Å². The van der Waals surface area contributed by atoms with Gasteiger partial charge < -0.3 is 29.2 Å². The summed E-state index contributed by atoms with van der Waals surface area (Å²) in [4.78, 5) is 47.1. The van der Waals surface area contributed by atoms with Gasteiger partial charge in [0.05, 0.1) is 64.2 Å². The molecular formula is C29H40N4O9. The van der Waals surface area contributed by atoms with Crippen LogP contribution in [0.4, 0.5) is 0 Å². The van der Waals surface area contributed by atoms with Gasteiger partial charge in [0, 0.05) is 45.7 Å². The molecule has 42 heavy (non-hydrogen) atoms. The van der Waals surface area contributed by atoms with Crippen molar-refractivity contribution in [3.8, 4) is 0 Å². The number of rotatable bonds is 8. The minimum atomic E-state index is -1.14. The predicted molar refractivity (Wildman–Crippen MR) is 151 cm³/mol. The number of ether oxygens (including phenoxy) is 4. The van der Waals surface area contributed by atoms with Gasteiger partial charge in [0.15, 0.2) is 0 Å². The zero-order valence-electron chi connectivity index (χ0n) is 24.0. The van der Waals surface area contributed by atoms with Crippen molar-refractivity contribution in [3.05, 3.63) is 58.7 Å². The van der Waals surface area contributed by atoms with Gasteiger partial charge in [-0.25, -0.2) is 19.6 Å². The van der Waals surface area contributed by atoms with E-state index in [1.54, 1.807) is 18.2 Å². The molecule has 0 spiro atoms. The van der Waals surface area contributed by atoms with Crippen LogP contribution < -0.4 is 0 Å². The van der Waals surface area contributed by atoms with Gasteiger partial charge in [-0.2, -0.15) is 0 Å². The van der Waals surface area contributed by atoms with Crippen molar-refractivity contribution in [2.75, 3.05) is 79.0 Å². The Labute approximate surface area is 245 Å². The molecular weight excluding hydrogens is 548 g/mol. The van der Waals surface area contributed by atoms with Crippen molar-refractivity contribution in [2.24, 2.45) is 0 Å². The van der Waals surface area contributed by atoms with Crippen LogP contribution >= 0.6 is 0 Å². The van der Waals surface area contributed by atoms with E-state index in [4.69, 9.17) is 18.9 Å². The Morgan fingerprint density at radius 1 is 0.690 bits per heavy atom. The molecule has 0 saturated carbocycles. The molecule has 1 saturated heterocycles. The maximum Gasteiger partial charge on any atom is 0.354 e. The molecule has 2 aromatic heterocycles. The monoisotopic (exact) mass is 588 g/mol. The fourth-order valence-electron chi connectivity index (χ4n) is 4.33. The lowest BCUT2D eigenvalue weighted by Gasteiger charge is -2.23. The minimum absolute atomic E-state index is 0.0111. The van der Waals surface area contributed by atoms with Crippen LogP contribution in [0.25, 0.3) is 0 Å². The second-order valence-corrected chi connectivity index (χ2v) is 9.86. The van der Waals surface area contributed by atoms with Gasteiger partial charge in [-0.3, -0.25) is 14.6 Å². The highest BCUT2D eigenvalue weighted by Gasteiger charge is 2.14. The number of aromatic nitrogens is 2. The number of hydrogen-bond acceptors (Lipinski definition) is 11. The van der Waals surface area contributed by atoms with E-state index in [2.05, 4.69) is 19.8 Å². The van der Waals surface area contributed by atoms with Crippen molar-refractivity contribution in [2.45, 2.75) is 26.4 Å². The lowest BCUT2D eigenvalue weighted by Crippen LogP contribution is -2.33. The largest absolute Gasteiger partial charge is 0.477 e. The van der Waals surface area contributed by atoms with Gasteiger partial charge >= 0.3 is 11.9 Å². The molecule has 0 unspecified atom stereocenters. The lowest BCUT2D eigenvalue weighted by atomic mass is 10.1. The third-order valence-corrected chi connectivity index (χ3v) is 6.36. The van der Waals surface area contributed by atoms with Gasteiger partial charge in [-0.05, 0) is 36.8 Å². The average Bonchev–Trinajstić information content (AvgIpc) is 2.94. The minimum Gasteiger partial charge on any atom is -0.477 e. The highest BCUT2D eigenvalue weighted by atomic mass is 16.5. The first-order valence-corrected chi connectivity index (χ1v) is 14.0. The van der Waals surface area contributed by atoms with Crippen molar-refractivity contribution in [1.29, 1.82) is 0 Å². The Balaban J connectivity index is 1.53. The summed E-state index contributed by atoms with van der Waals surface area (Å²) < 4.78 is 23.1. The Kier molecular flexibility index (Phi) is 14.4. The molecule has 13 heteroatoms. The van der Waals surface area contributed by atoms with Crippen molar-refractivity contribution >= 4 is 17.7 Å². The summed E-state index contributed by atoms with van der Waals surface area (Å²) in [5.74, 6) is -2.25. The number of pyridine rings is 2. The molecule has 0 radical (unpaired) electrons. The number of carboxylic acids is 2. The first kappa shape index (κ1) is 33.2. The third-order valence-electron chi connectivity index (χ3n) is 6.36. The molecule has 2 N–H and O–H groups in total. The van der Waals surface area contributed by atoms with E-state index in [1.165, 1.54) is 19.1 Å². The fourth-order valence-corrected chi connectivity index (χ4v) is 4.33. The maximum atomic E-state index is 11.6. The lowest BCUT2D eigenvalue weighted by molar-refractivity contribution is -0.116. The van der Waals surface area contributed by atoms with Gasteiger partial charge in [-0.1, -0.05) is 6.07 Å². The molecule has 0 amide bonds. The van der Waals surface area contributed by atoms with Crippen LogP contribution in [0.1, 0.15) is 44.9 Å². The molecule has 1 fully saturated rings. The molecule has 1 aliphatic rings. The second kappa shape index (κ2) is 18.3. The topological polar surface area (TPSA) is 161 Å².